The number of imidazole rings is 1. The number of H-pyrrole nitrogens is 1. The van der Waals surface area contributed by atoms with E-state index in [9.17, 15) is 9.59 Å². The first kappa shape index (κ1) is 11.4. The van der Waals surface area contributed by atoms with E-state index in [-0.39, 0.29) is 11.2 Å². The summed E-state index contributed by atoms with van der Waals surface area (Å²) < 4.78 is 3.47. The average molecular weight is 234 g/mol. The summed E-state index contributed by atoms with van der Waals surface area (Å²) in [6.45, 7) is 3.06. The predicted molar refractivity (Wildman–Crippen MR) is 62.9 cm³/mol. The first-order valence-electron chi connectivity index (χ1n) is 5.43. The number of aryl methyl sites for hydroxylation is 3. The zero-order chi connectivity index (χ0) is 12.3. The Kier molecular flexibility index (Phi) is 3.22. The van der Waals surface area contributed by atoms with Crippen LogP contribution in [0.5, 0.6) is 0 Å². The fourth-order valence-electron chi connectivity index (χ4n) is 1.63. The van der Waals surface area contributed by atoms with E-state index in [1.807, 2.05) is 10.8 Å². The lowest BCUT2D eigenvalue weighted by Gasteiger charge is -2.06. The van der Waals surface area contributed by atoms with Gasteiger partial charge in [-0.2, -0.15) is 0 Å². The molecule has 2 heterocycles. The van der Waals surface area contributed by atoms with Crippen LogP contribution in [0, 0.1) is 6.92 Å². The van der Waals surface area contributed by atoms with Gasteiger partial charge in [-0.1, -0.05) is 0 Å². The number of aromatic amines is 1. The van der Waals surface area contributed by atoms with Crippen LogP contribution in [0.2, 0.25) is 0 Å². The highest BCUT2D eigenvalue weighted by Crippen LogP contribution is 1.93. The topological polar surface area (TPSA) is 72.7 Å². The smallest absolute Gasteiger partial charge is 0.328 e. The molecule has 2 aromatic heterocycles. The molecule has 0 amide bonds. The lowest BCUT2D eigenvalue weighted by Crippen LogP contribution is -2.31. The minimum atomic E-state index is -0.355. The highest BCUT2D eigenvalue weighted by atomic mass is 16.2. The Labute approximate surface area is 97.6 Å². The minimum absolute atomic E-state index is 0.319. The van der Waals surface area contributed by atoms with E-state index >= 15 is 0 Å². The molecular formula is C11H14N4O2. The molecule has 6 nitrogen and oxygen atoms in total. The fraction of sp³-hybridized carbons (Fsp3) is 0.364. The monoisotopic (exact) mass is 234 g/mol. The van der Waals surface area contributed by atoms with Crippen molar-refractivity contribution in [3.63, 3.8) is 0 Å². The molecule has 0 aliphatic carbocycles. The molecule has 2 rings (SSSR count). The number of nitrogens with zero attached hydrogens (tertiary/aromatic N) is 3. The van der Waals surface area contributed by atoms with Gasteiger partial charge in [-0.3, -0.25) is 9.78 Å². The van der Waals surface area contributed by atoms with Crippen LogP contribution in [-0.2, 0) is 13.1 Å². The van der Waals surface area contributed by atoms with Gasteiger partial charge >= 0.3 is 5.69 Å². The third-order valence-electron chi connectivity index (χ3n) is 2.56. The Balaban J connectivity index is 2.02. The van der Waals surface area contributed by atoms with Crippen LogP contribution >= 0.6 is 0 Å². The van der Waals surface area contributed by atoms with Gasteiger partial charge in [0.1, 0.15) is 0 Å². The van der Waals surface area contributed by atoms with Gasteiger partial charge in [-0.25, -0.2) is 9.78 Å². The number of hydrogen-bond acceptors (Lipinski definition) is 3. The number of rotatable bonds is 4. The van der Waals surface area contributed by atoms with Crippen molar-refractivity contribution in [1.29, 1.82) is 0 Å². The van der Waals surface area contributed by atoms with Crippen molar-refractivity contribution in [2.45, 2.75) is 26.4 Å². The van der Waals surface area contributed by atoms with Crippen LogP contribution in [0.25, 0.3) is 0 Å². The van der Waals surface area contributed by atoms with E-state index in [4.69, 9.17) is 0 Å². The summed E-state index contributed by atoms with van der Waals surface area (Å²) in [4.78, 5) is 28.9. The van der Waals surface area contributed by atoms with Gasteiger partial charge in [0.05, 0.1) is 6.33 Å². The number of aromatic nitrogens is 4. The number of nitrogens with one attached hydrogen (secondary N) is 1. The van der Waals surface area contributed by atoms with E-state index in [0.717, 1.165) is 13.0 Å². The normalized spacial score (nSPS) is 10.6. The minimum Gasteiger partial charge on any atom is -0.337 e. The SMILES string of the molecule is Cc1cn(CCCn2ccnc2)c(=O)[nH]c1=O. The molecule has 0 spiro atoms. The van der Waals surface area contributed by atoms with Crippen LogP contribution in [0.15, 0.2) is 34.5 Å². The molecule has 0 aliphatic rings. The van der Waals surface area contributed by atoms with E-state index < -0.39 is 0 Å². The van der Waals surface area contributed by atoms with E-state index in [2.05, 4.69) is 9.97 Å². The van der Waals surface area contributed by atoms with Gasteiger partial charge in [-0.15, -0.1) is 0 Å². The second-order valence-electron chi connectivity index (χ2n) is 3.92. The Morgan fingerprint density at radius 3 is 2.88 bits per heavy atom. The van der Waals surface area contributed by atoms with Crippen LogP contribution in [0.4, 0.5) is 0 Å². The van der Waals surface area contributed by atoms with Crippen LogP contribution in [-0.4, -0.2) is 19.1 Å². The summed E-state index contributed by atoms with van der Waals surface area (Å²) in [5, 5.41) is 0. The lowest BCUT2D eigenvalue weighted by molar-refractivity contribution is 0.542. The van der Waals surface area contributed by atoms with Gasteiger partial charge in [0.25, 0.3) is 5.56 Å². The van der Waals surface area contributed by atoms with Crippen LogP contribution in [0.3, 0.4) is 0 Å². The second kappa shape index (κ2) is 4.82. The maximum atomic E-state index is 11.5. The molecule has 17 heavy (non-hydrogen) atoms. The van der Waals surface area contributed by atoms with E-state index in [1.165, 1.54) is 4.57 Å². The highest BCUT2D eigenvalue weighted by Gasteiger charge is 2.00. The molecule has 1 N–H and O–H groups in total. The summed E-state index contributed by atoms with van der Waals surface area (Å²) in [7, 11) is 0. The van der Waals surface area contributed by atoms with Crippen molar-refractivity contribution < 1.29 is 0 Å². The molecule has 0 atom stereocenters. The molecular weight excluding hydrogens is 220 g/mol. The predicted octanol–water partition coefficient (Wildman–Crippen LogP) is 0.132. The maximum absolute atomic E-state index is 11.5. The third-order valence-corrected chi connectivity index (χ3v) is 2.56. The van der Waals surface area contributed by atoms with E-state index in [0.29, 0.717) is 12.1 Å². The molecule has 0 aromatic carbocycles. The van der Waals surface area contributed by atoms with Crippen molar-refractivity contribution >= 4 is 0 Å². The van der Waals surface area contributed by atoms with Crippen molar-refractivity contribution in [1.82, 2.24) is 19.1 Å². The van der Waals surface area contributed by atoms with Crippen molar-refractivity contribution in [2.75, 3.05) is 0 Å². The second-order valence-corrected chi connectivity index (χ2v) is 3.92. The quantitative estimate of drug-likeness (QED) is 0.817. The Morgan fingerprint density at radius 1 is 1.35 bits per heavy atom. The Bertz CT molecular complexity index is 595. The molecule has 0 radical (unpaired) electrons. The van der Waals surface area contributed by atoms with Crippen molar-refractivity contribution in [2.24, 2.45) is 0 Å². The molecule has 6 heteroatoms. The van der Waals surface area contributed by atoms with Gasteiger partial charge < -0.3 is 9.13 Å². The van der Waals surface area contributed by atoms with E-state index in [1.54, 1.807) is 25.6 Å². The molecule has 0 unspecified atom stereocenters. The van der Waals surface area contributed by atoms with Gasteiger partial charge in [0, 0.05) is 37.2 Å². The summed E-state index contributed by atoms with van der Waals surface area (Å²) in [6, 6.07) is 0. The van der Waals surface area contributed by atoms with Gasteiger partial charge in [0.15, 0.2) is 0 Å². The van der Waals surface area contributed by atoms with Crippen LogP contribution in [0.1, 0.15) is 12.0 Å². The molecule has 0 saturated carbocycles. The molecule has 0 saturated heterocycles. The first-order chi connectivity index (χ1) is 8.16. The summed E-state index contributed by atoms with van der Waals surface area (Å²) >= 11 is 0. The van der Waals surface area contributed by atoms with Gasteiger partial charge in [-0.05, 0) is 13.3 Å². The molecule has 0 aliphatic heterocycles. The standard InChI is InChI=1S/C11H14N4O2/c1-9-7-15(11(17)13-10(9)16)5-2-4-14-6-3-12-8-14/h3,6-8H,2,4-5H2,1H3,(H,13,16,17). The molecule has 0 bridgehead atoms. The zero-order valence-corrected chi connectivity index (χ0v) is 9.59. The zero-order valence-electron chi connectivity index (χ0n) is 9.59. The fourth-order valence-corrected chi connectivity index (χ4v) is 1.63. The van der Waals surface area contributed by atoms with Crippen molar-refractivity contribution in [3.8, 4) is 0 Å². The third kappa shape index (κ3) is 2.72. The van der Waals surface area contributed by atoms with Crippen LogP contribution < -0.4 is 11.2 Å². The molecule has 90 valence electrons. The Hall–Kier alpha value is -2.11. The number of hydrogen-bond donors (Lipinski definition) is 1. The maximum Gasteiger partial charge on any atom is 0.328 e. The average Bonchev–Trinajstić information content (AvgIpc) is 2.78. The largest absolute Gasteiger partial charge is 0.337 e. The summed E-state index contributed by atoms with van der Waals surface area (Å²) in [5.74, 6) is 0. The lowest BCUT2D eigenvalue weighted by atomic mass is 10.3. The first-order valence-corrected chi connectivity index (χ1v) is 5.43. The molecule has 0 fully saturated rings. The van der Waals surface area contributed by atoms with Gasteiger partial charge in [0.2, 0.25) is 0 Å². The van der Waals surface area contributed by atoms with Crippen molar-refractivity contribution in [3.05, 3.63) is 51.3 Å². The summed E-state index contributed by atoms with van der Waals surface area (Å²) in [5.41, 5.74) is -0.126. The summed E-state index contributed by atoms with van der Waals surface area (Å²) in [6.07, 6.45) is 7.73. The Morgan fingerprint density at radius 2 is 2.18 bits per heavy atom. The molecule has 2 aromatic rings. The highest BCUT2D eigenvalue weighted by molar-refractivity contribution is 5.00.